The molecule has 0 heterocycles. The third-order valence-electron chi connectivity index (χ3n) is 4.53. The fourth-order valence-corrected chi connectivity index (χ4v) is 3.07. The molecule has 1 aliphatic carbocycles. The zero-order valence-corrected chi connectivity index (χ0v) is 14.2. The Morgan fingerprint density at radius 2 is 1.46 bits per heavy atom. The number of hydrogen-bond acceptors (Lipinski definition) is 2. The van der Waals surface area contributed by atoms with Gasteiger partial charge in [0.05, 0.1) is 5.69 Å². The maximum atomic E-state index is 13.6. The van der Waals surface area contributed by atoms with Crippen molar-refractivity contribution < 1.29 is 18.4 Å². The summed E-state index contributed by atoms with van der Waals surface area (Å²) in [5.74, 6) is -2.25. The minimum absolute atomic E-state index is 0.101. The van der Waals surface area contributed by atoms with Crippen LogP contribution in [-0.2, 0) is 0 Å². The fraction of sp³-hybridized carbons (Fsp3) is 0.300. The van der Waals surface area contributed by atoms with Gasteiger partial charge in [-0.15, -0.1) is 0 Å². The highest BCUT2D eigenvalue weighted by Crippen LogP contribution is 2.19. The Labute approximate surface area is 150 Å². The van der Waals surface area contributed by atoms with Gasteiger partial charge in [-0.2, -0.15) is 0 Å². The largest absolute Gasteiger partial charge is 0.349 e. The molecule has 1 fully saturated rings. The Hall–Kier alpha value is -2.76. The molecular formula is C20H20F2N2O2. The second-order valence-corrected chi connectivity index (χ2v) is 6.46. The maximum Gasteiger partial charge on any atom is 0.255 e. The summed E-state index contributed by atoms with van der Waals surface area (Å²) in [6.45, 7) is 0. The van der Waals surface area contributed by atoms with Gasteiger partial charge in [-0.3, -0.25) is 9.59 Å². The Bertz CT molecular complexity index is 800. The first-order valence-corrected chi connectivity index (χ1v) is 8.70. The van der Waals surface area contributed by atoms with Crippen molar-refractivity contribution in [2.75, 3.05) is 5.32 Å². The van der Waals surface area contributed by atoms with Gasteiger partial charge in [-0.1, -0.05) is 19.3 Å². The van der Waals surface area contributed by atoms with E-state index in [-0.39, 0.29) is 23.2 Å². The summed E-state index contributed by atoms with van der Waals surface area (Å²) in [5, 5.41) is 5.40. The quantitative estimate of drug-likeness (QED) is 0.857. The van der Waals surface area contributed by atoms with Crippen LogP contribution in [0.3, 0.4) is 0 Å². The lowest BCUT2D eigenvalue weighted by Gasteiger charge is -2.22. The predicted molar refractivity (Wildman–Crippen MR) is 95.1 cm³/mol. The van der Waals surface area contributed by atoms with Gasteiger partial charge in [0.15, 0.2) is 0 Å². The SMILES string of the molecule is O=C(Nc1ccc(F)cc1F)c1ccc(C(=O)NC2CCCCC2)cc1. The van der Waals surface area contributed by atoms with Crippen LogP contribution in [0.2, 0.25) is 0 Å². The van der Waals surface area contributed by atoms with Crippen LogP contribution in [-0.4, -0.2) is 17.9 Å². The van der Waals surface area contributed by atoms with E-state index in [2.05, 4.69) is 10.6 Å². The number of rotatable bonds is 4. The molecule has 0 atom stereocenters. The first kappa shape index (κ1) is 18.0. The van der Waals surface area contributed by atoms with E-state index < -0.39 is 17.5 Å². The summed E-state index contributed by atoms with van der Waals surface area (Å²) in [7, 11) is 0. The molecule has 0 spiro atoms. The molecule has 4 nitrogen and oxygen atoms in total. The van der Waals surface area contributed by atoms with E-state index >= 15 is 0 Å². The smallest absolute Gasteiger partial charge is 0.255 e. The molecule has 136 valence electrons. The van der Waals surface area contributed by atoms with Crippen molar-refractivity contribution in [2.45, 2.75) is 38.1 Å². The van der Waals surface area contributed by atoms with Crippen LogP contribution in [0.25, 0.3) is 0 Å². The van der Waals surface area contributed by atoms with E-state index in [0.717, 1.165) is 37.8 Å². The number of carbonyl (C=O) groups is 2. The molecule has 6 heteroatoms. The lowest BCUT2D eigenvalue weighted by molar-refractivity contribution is 0.0926. The van der Waals surface area contributed by atoms with Crippen molar-refractivity contribution >= 4 is 17.5 Å². The zero-order valence-electron chi connectivity index (χ0n) is 14.2. The molecule has 2 amide bonds. The van der Waals surface area contributed by atoms with Crippen LogP contribution in [0.4, 0.5) is 14.5 Å². The van der Waals surface area contributed by atoms with Gasteiger partial charge in [0.2, 0.25) is 0 Å². The summed E-state index contributed by atoms with van der Waals surface area (Å²) < 4.78 is 26.5. The van der Waals surface area contributed by atoms with E-state index in [4.69, 9.17) is 0 Å². The minimum Gasteiger partial charge on any atom is -0.349 e. The highest BCUT2D eigenvalue weighted by molar-refractivity contribution is 6.05. The normalized spacial score (nSPS) is 14.7. The van der Waals surface area contributed by atoms with Gasteiger partial charge < -0.3 is 10.6 Å². The zero-order chi connectivity index (χ0) is 18.5. The molecule has 3 rings (SSSR count). The second kappa shape index (κ2) is 8.08. The molecule has 2 aromatic rings. The third kappa shape index (κ3) is 4.45. The van der Waals surface area contributed by atoms with E-state index in [1.54, 1.807) is 12.1 Å². The average Bonchev–Trinajstić information content (AvgIpc) is 2.65. The topological polar surface area (TPSA) is 58.2 Å². The van der Waals surface area contributed by atoms with Crippen LogP contribution in [0.5, 0.6) is 0 Å². The number of hydrogen-bond donors (Lipinski definition) is 2. The standard InChI is InChI=1S/C20H20F2N2O2/c21-15-10-11-18(17(22)12-15)24-20(26)14-8-6-13(7-9-14)19(25)23-16-4-2-1-3-5-16/h6-12,16H,1-5H2,(H,23,25)(H,24,26). The first-order chi connectivity index (χ1) is 12.5. The molecular weight excluding hydrogens is 338 g/mol. The van der Waals surface area contributed by atoms with Crippen LogP contribution in [0.15, 0.2) is 42.5 Å². The molecule has 2 N–H and O–H groups in total. The number of amides is 2. The van der Waals surface area contributed by atoms with Gasteiger partial charge in [0, 0.05) is 23.2 Å². The van der Waals surface area contributed by atoms with Gasteiger partial charge >= 0.3 is 0 Å². The van der Waals surface area contributed by atoms with Gasteiger partial charge in [-0.05, 0) is 49.2 Å². The van der Waals surface area contributed by atoms with Gasteiger partial charge in [0.25, 0.3) is 11.8 Å². The summed E-state index contributed by atoms with van der Waals surface area (Å²) in [6.07, 6.45) is 5.46. The fourth-order valence-electron chi connectivity index (χ4n) is 3.07. The van der Waals surface area contributed by atoms with E-state index in [1.165, 1.54) is 18.6 Å². The molecule has 0 aliphatic heterocycles. The number of halogens is 2. The molecule has 0 aromatic heterocycles. The van der Waals surface area contributed by atoms with E-state index in [1.807, 2.05) is 0 Å². The number of anilines is 1. The molecule has 0 saturated heterocycles. The van der Waals surface area contributed by atoms with Crippen molar-refractivity contribution in [1.29, 1.82) is 0 Å². The highest BCUT2D eigenvalue weighted by atomic mass is 19.1. The second-order valence-electron chi connectivity index (χ2n) is 6.46. The third-order valence-corrected chi connectivity index (χ3v) is 4.53. The molecule has 1 saturated carbocycles. The molecule has 26 heavy (non-hydrogen) atoms. The summed E-state index contributed by atoms with van der Waals surface area (Å²) in [6, 6.07) is 9.28. The Morgan fingerprint density at radius 3 is 2.08 bits per heavy atom. The number of benzene rings is 2. The summed E-state index contributed by atoms with van der Waals surface area (Å²) in [4.78, 5) is 24.4. The van der Waals surface area contributed by atoms with Crippen LogP contribution in [0.1, 0.15) is 52.8 Å². The number of nitrogens with one attached hydrogen (secondary N) is 2. The van der Waals surface area contributed by atoms with E-state index in [0.29, 0.717) is 11.6 Å². The Kier molecular flexibility index (Phi) is 5.61. The minimum atomic E-state index is -0.846. The lowest BCUT2D eigenvalue weighted by atomic mass is 9.95. The summed E-state index contributed by atoms with van der Waals surface area (Å²) >= 11 is 0. The van der Waals surface area contributed by atoms with Crippen molar-refractivity contribution in [3.05, 3.63) is 65.2 Å². The van der Waals surface area contributed by atoms with Crippen LogP contribution >= 0.6 is 0 Å². The van der Waals surface area contributed by atoms with Crippen molar-refractivity contribution in [1.82, 2.24) is 5.32 Å². The van der Waals surface area contributed by atoms with Crippen LogP contribution < -0.4 is 10.6 Å². The first-order valence-electron chi connectivity index (χ1n) is 8.70. The molecule has 0 bridgehead atoms. The van der Waals surface area contributed by atoms with Crippen molar-refractivity contribution in [2.24, 2.45) is 0 Å². The monoisotopic (exact) mass is 358 g/mol. The Morgan fingerprint density at radius 1 is 0.846 bits per heavy atom. The summed E-state index contributed by atoms with van der Waals surface area (Å²) in [5.41, 5.74) is 0.651. The Balaban J connectivity index is 1.62. The average molecular weight is 358 g/mol. The van der Waals surface area contributed by atoms with Crippen molar-refractivity contribution in [3.63, 3.8) is 0 Å². The lowest BCUT2D eigenvalue weighted by Crippen LogP contribution is -2.36. The van der Waals surface area contributed by atoms with E-state index in [9.17, 15) is 18.4 Å². The molecule has 2 aromatic carbocycles. The number of carbonyl (C=O) groups excluding carboxylic acids is 2. The maximum absolute atomic E-state index is 13.6. The van der Waals surface area contributed by atoms with Crippen LogP contribution in [0, 0.1) is 11.6 Å². The van der Waals surface area contributed by atoms with Gasteiger partial charge in [0.1, 0.15) is 11.6 Å². The highest BCUT2D eigenvalue weighted by Gasteiger charge is 2.17. The molecule has 0 unspecified atom stereocenters. The predicted octanol–water partition coefficient (Wildman–Crippen LogP) is 4.28. The van der Waals surface area contributed by atoms with Crippen molar-refractivity contribution in [3.8, 4) is 0 Å². The molecule has 0 radical (unpaired) electrons. The molecule has 1 aliphatic rings. The van der Waals surface area contributed by atoms with Gasteiger partial charge in [-0.25, -0.2) is 8.78 Å².